The van der Waals surface area contributed by atoms with Crippen LogP contribution >= 0.6 is 11.3 Å². The number of nitrogens with one attached hydrogen (secondary N) is 2. The summed E-state index contributed by atoms with van der Waals surface area (Å²) in [5, 5.41) is 9.23. The molecule has 1 aliphatic rings. The highest BCUT2D eigenvalue weighted by atomic mass is 32.1. The van der Waals surface area contributed by atoms with Crippen molar-refractivity contribution in [1.82, 2.24) is 15.2 Å². The molecule has 0 saturated carbocycles. The second-order valence-corrected chi connectivity index (χ2v) is 8.27. The fourth-order valence-electron chi connectivity index (χ4n) is 3.61. The molecule has 0 spiro atoms. The number of thiazole rings is 1. The van der Waals surface area contributed by atoms with Gasteiger partial charge in [-0.3, -0.25) is 9.69 Å². The third-order valence-corrected chi connectivity index (χ3v) is 5.93. The van der Waals surface area contributed by atoms with E-state index in [1.165, 1.54) is 16.9 Å². The van der Waals surface area contributed by atoms with E-state index >= 15 is 0 Å². The summed E-state index contributed by atoms with van der Waals surface area (Å²) in [6, 6.07) is 20.8. The molecular weight excluding hydrogens is 380 g/mol. The van der Waals surface area contributed by atoms with Gasteiger partial charge in [-0.05, 0) is 30.5 Å². The molecule has 0 atom stereocenters. The van der Waals surface area contributed by atoms with Crippen LogP contribution in [-0.2, 0) is 17.8 Å². The van der Waals surface area contributed by atoms with Crippen molar-refractivity contribution in [3.05, 3.63) is 77.3 Å². The maximum absolute atomic E-state index is 12.4. The van der Waals surface area contributed by atoms with Crippen molar-refractivity contribution < 1.29 is 4.79 Å². The summed E-state index contributed by atoms with van der Waals surface area (Å²) in [5.74, 6) is 0.0584. The van der Waals surface area contributed by atoms with Crippen LogP contribution in [0.25, 0.3) is 0 Å². The van der Waals surface area contributed by atoms with Gasteiger partial charge in [0, 0.05) is 36.7 Å². The van der Waals surface area contributed by atoms with Crippen molar-refractivity contribution in [2.45, 2.75) is 31.8 Å². The van der Waals surface area contributed by atoms with Gasteiger partial charge in [-0.2, -0.15) is 0 Å². The Morgan fingerprint density at radius 3 is 2.45 bits per heavy atom. The van der Waals surface area contributed by atoms with E-state index in [-0.39, 0.29) is 11.9 Å². The largest absolute Gasteiger partial charge is 0.353 e. The molecule has 1 aliphatic heterocycles. The first-order chi connectivity index (χ1) is 14.2. The van der Waals surface area contributed by atoms with Crippen LogP contribution < -0.4 is 10.6 Å². The van der Waals surface area contributed by atoms with Crippen molar-refractivity contribution in [2.24, 2.45) is 0 Å². The highest BCUT2D eigenvalue weighted by Gasteiger charge is 2.21. The molecule has 4 rings (SSSR count). The lowest BCUT2D eigenvalue weighted by Crippen LogP contribution is -2.44. The summed E-state index contributed by atoms with van der Waals surface area (Å²) in [5.41, 5.74) is 3.16. The predicted octanol–water partition coefficient (Wildman–Crippen LogP) is 4.21. The molecule has 150 valence electrons. The van der Waals surface area contributed by atoms with Crippen molar-refractivity contribution in [3.63, 3.8) is 0 Å². The third kappa shape index (κ3) is 5.89. The summed E-state index contributed by atoms with van der Waals surface area (Å²) >= 11 is 1.52. The van der Waals surface area contributed by atoms with Crippen molar-refractivity contribution in [3.8, 4) is 0 Å². The van der Waals surface area contributed by atoms with E-state index in [0.717, 1.165) is 49.0 Å². The zero-order valence-corrected chi connectivity index (χ0v) is 17.2. The van der Waals surface area contributed by atoms with Gasteiger partial charge in [-0.1, -0.05) is 48.5 Å². The smallest absolute Gasteiger partial charge is 0.226 e. The van der Waals surface area contributed by atoms with Crippen LogP contribution in [0.2, 0.25) is 0 Å². The van der Waals surface area contributed by atoms with Gasteiger partial charge >= 0.3 is 0 Å². The van der Waals surface area contributed by atoms with Gasteiger partial charge in [0.1, 0.15) is 0 Å². The molecule has 6 heteroatoms. The first kappa shape index (κ1) is 19.6. The fourth-order valence-corrected chi connectivity index (χ4v) is 4.34. The number of carbonyl (C=O) groups excluding carboxylic acids is 1. The molecule has 2 N–H and O–H groups in total. The average molecular weight is 407 g/mol. The van der Waals surface area contributed by atoms with Crippen LogP contribution in [0.4, 0.5) is 10.8 Å². The van der Waals surface area contributed by atoms with Gasteiger partial charge < -0.3 is 10.6 Å². The summed E-state index contributed by atoms with van der Waals surface area (Å²) in [4.78, 5) is 19.4. The number of para-hydroxylation sites is 1. The lowest BCUT2D eigenvalue weighted by atomic mass is 10.0. The number of hydrogen-bond acceptors (Lipinski definition) is 5. The Hall–Kier alpha value is -2.70. The molecule has 2 heterocycles. The molecule has 0 bridgehead atoms. The van der Waals surface area contributed by atoms with Crippen molar-refractivity contribution in [1.29, 1.82) is 0 Å². The van der Waals surface area contributed by atoms with E-state index in [1.807, 2.05) is 41.8 Å². The van der Waals surface area contributed by atoms with Crippen LogP contribution in [0, 0.1) is 0 Å². The Morgan fingerprint density at radius 1 is 1.03 bits per heavy atom. The molecule has 1 aromatic heterocycles. The van der Waals surface area contributed by atoms with Crippen LogP contribution in [-0.4, -0.2) is 34.9 Å². The highest BCUT2D eigenvalue weighted by Crippen LogP contribution is 2.21. The zero-order chi connectivity index (χ0) is 19.9. The Morgan fingerprint density at radius 2 is 1.72 bits per heavy atom. The van der Waals surface area contributed by atoms with Crippen LogP contribution in [0.1, 0.15) is 24.1 Å². The zero-order valence-electron chi connectivity index (χ0n) is 16.4. The summed E-state index contributed by atoms with van der Waals surface area (Å²) in [7, 11) is 0. The monoisotopic (exact) mass is 406 g/mol. The highest BCUT2D eigenvalue weighted by molar-refractivity contribution is 7.13. The van der Waals surface area contributed by atoms with E-state index in [4.69, 9.17) is 0 Å². The predicted molar refractivity (Wildman–Crippen MR) is 118 cm³/mol. The molecule has 1 fully saturated rings. The minimum Gasteiger partial charge on any atom is -0.353 e. The number of piperidine rings is 1. The number of hydrogen-bond donors (Lipinski definition) is 2. The van der Waals surface area contributed by atoms with E-state index in [0.29, 0.717) is 6.42 Å². The Balaban J connectivity index is 1.20. The number of anilines is 2. The van der Waals surface area contributed by atoms with Gasteiger partial charge in [0.25, 0.3) is 0 Å². The summed E-state index contributed by atoms with van der Waals surface area (Å²) in [6.45, 7) is 3.01. The number of carbonyl (C=O) groups is 1. The number of benzene rings is 2. The minimum atomic E-state index is 0.0584. The molecule has 0 radical (unpaired) electrons. The molecule has 5 nitrogen and oxygen atoms in total. The maximum atomic E-state index is 12.4. The normalized spacial score (nSPS) is 15.2. The number of rotatable bonds is 7. The lowest BCUT2D eigenvalue weighted by Gasteiger charge is -2.32. The van der Waals surface area contributed by atoms with Crippen LogP contribution in [0.3, 0.4) is 0 Å². The van der Waals surface area contributed by atoms with E-state index < -0.39 is 0 Å². The van der Waals surface area contributed by atoms with Gasteiger partial charge in [0.2, 0.25) is 5.91 Å². The van der Waals surface area contributed by atoms with Crippen molar-refractivity contribution in [2.75, 3.05) is 18.4 Å². The number of likely N-dealkylation sites (tertiary alicyclic amines) is 1. The third-order valence-electron chi connectivity index (χ3n) is 5.12. The standard InChI is InChI=1S/C23H26N4OS/c28-22(15-21-17-29-23(26-21)25-19-9-5-2-6-10-19)24-20-11-13-27(14-12-20)16-18-7-3-1-4-8-18/h1-10,17,20H,11-16H2,(H,24,28)(H,25,26). The number of aromatic nitrogens is 1. The summed E-state index contributed by atoms with van der Waals surface area (Å²) in [6.07, 6.45) is 2.32. The van der Waals surface area contributed by atoms with Crippen LogP contribution in [0.5, 0.6) is 0 Å². The second-order valence-electron chi connectivity index (χ2n) is 7.42. The molecule has 2 aromatic carbocycles. The Bertz CT molecular complexity index is 905. The van der Waals surface area contributed by atoms with Gasteiger partial charge in [-0.25, -0.2) is 4.98 Å². The molecule has 1 saturated heterocycles. The maximum Gasteiger partial charge on any atom is 0.226 e. The average Bonchev–Trinajstić information content (AvgIpc) is 3.17. The minimum absolute atomic E-state index is 0.0584. The van der Waals surface area contributed by atoms with Crippen LogP contribution in [0.15, 0.2) is 66.0 Å². The van der Waals surface area contributed by atoms with Gasteiger partial charge in [0.05, 0.1) is 12.1 Å². The quantitative estimate of drug-likeness (QED) is 0.617. The topological polar surface area (TPSA) is 57.3 Å². The molecule has 1 amide bonds. The fraction of sp³-hybridized carbons (Fsp3) is 0.304. The SMILES string of the molecule is O=C(Cc1csc(Nc2ccccc2)n1)NC1CCN(Cc2ccccc2)CC1. The number of nitrogens with zero attached hydrogens (tertiary/aromatic N) is 2. The Labute approximate surface area is 175 Å². The van der Waals surface area contributed by atoms with E-state index in [2.05, 4.69) is 44.8 Å². The second kappa shape index (κ2) is 9.67. The number of amides is 1. The molecular formula is C23H26N4OS. The first-order valence-corrected chi connectivity index (χ1v) is 10.9. The molecule has 3 aromatic rings. The Kier molecular flexibility index (Phi) is 6.54. The lowest BCUT2D eigenvalue weighted by molar-refractivity contribution is -0.121. The van der Waals surface area contributed by atoms with Gasteiger partial charge in [-0.15, -0.1) is 11.3 Å². The molecule has 29 heavy (non-hydrogen) atoms. The molecule has 0 aliphatic carbocycles. The first-order valence-electron chi connectivity index (χ1n) is 10.1. The van der Waals surface area contributed by atoms with E-state index in [1.54, 1.807) is 0 Å². The van der Waals surface area contributed by atoms with Crippen molar-refractivity contribution >= 4 is 28.1 Å². The molecule has 0 unspecified atom stereocenters. The van der Waals surface area contributed by atoms with E-state index in [9.17, 15) is 4.79 Å². The van der Waals surface area contributed by atoms with Gasteiger partial charge in [0.15, 0.2) is 5.13 Å². The summed E-state index contributed by atoms with van der Waals surface area (Å²) < 4.78 is 0.